The Hall–Kier alpha value is -0.280. The van der Waals surface area contributed by atoms with Crippen molar-refractivity contribution in [2.24, 2.45) is 17.8 Å². The van der Waals surface area contributed by atoms with Crippen molar-refractivity contribution in [1.82, 2.24) is 0 Å². The summed E-state index contributed by atoms with van der Waals surface area (Å²) in [5, 5.41) is 0. The molecular weight excluding hydrogens is 520 g/mol. The summed E-state index contributed by atoms with van der Waals surface area (Å²) in [6.45, 7) is 24.6. The van der Waals surface area contributed by atoms with Crippen LogP contribution in [0.3, 0.4) is 0 Å². The lowest BCUT2D eigenvalue weighted by Crippen LogP contribution is -2.37. The molecule has 7 nitrogen and oxygen atoms in total. The van der Waals surface area contributed by atoms with Gasteiger partial charge in [0, 0.05) is 32.3 Å². The van der Waals surface area contributed by atoms with E-state index >= 15 is 0 Å². The van der Waals surface area contributed by atoms with E-state index in [9.17, 15) is 0 Å². The lowest BCUT2D eigenvalue weighted by Gasteiger charge is -2.27. The molecule has 4 aliphatic rings. The molecule has 0 unspecified atom stereocenters. The molecule has 41 heavy (non-hydrogen) atoms. The molecule has 0 bridgehead atoms. The smallest absolute Gasteiger partial charge is 0.104 e. The molecule has 0 atom stereocenters. The average molecular weight is 591 g/mol. The largest absolute Gasteiger partial charge is 0.381 e. The van der Waals surface area contributed by atoms with E-state index in [2.05, 4.69) is 41.5 Å². The number of rotatable bonds is 12. The Morgan fingerprint density at radius 2 is 1.05 bits per heavy atom. The summed E-state index contributed by atoms with van der Waals surface area (Å²) in [6, 6.07) is 0. The highest BCUT2D eigenvalue weighted by Gasteiger charge is 2.20. The third kappa shape index (κ3) is 24.8. The zero-order valence-corrected chi connectivity index (χ0v) is 27.5. The molecule has 0 amide bonds. The van der Waals surface area contributed by atoms with Gasteiger partial charge in [-0.1, -0.05) is 39.5 Å². The lowest BCUT2D eigenvalue weighted by atomic mass is 9.87. The zero-order valence-electron chi connectivity index (χ0n) is 27.5. The molecule has 0 aromatic rings. The molecule has 4 rings (SSSR count). The number of hydrogen-bond acceptors (Lipinski definition) is 7. The van der Waals surface area contributed by atoms with Crippen molar-refractivity contribution in [3.05, 3.63) is 0 Å². The molecule has 0 radical (unpaired) electrons. The van der Waals surface area contributed by atoms with Gasteiger partial charge >= 0.3 is 0 Å². The molecule has 3 aliphatic heterocycles. The Labute approximate surface area is 255 Å². The van der Waals surface area contributed by atoms with Gasteiger partial charge in [-0.15, -0.1) is 0 Å². The van der Waals surface area contributed by atoms with Gasteiger partial charge in [0.25, 0.3) is 0 Å². The predicted octanol–water partition coefficient (Wildman–Crippen LogP) is 7.72. The van der Waals surface area contributed by atoms with Crippen molar-refractivity contribution in [2.75, 3.05) is 59.5 Å². The van der Waals surface area contributed by atoms with Crippen molar-refractivity contribution in [2.45, 2.75) is 145 Å². The topological polar surface area (TPSA) is 64.6 Å². The summed E-state index contributed by atoms with van der Waals surface area (Å²) in [5.41, 5.74) is 0. The van der Waals surface area contributed by atoms with Crippen LogP contribution in [0.4, 0.5) is 0 Å². The van der Waals surface area contributed by atoms with Crippen LogP contribution >= 0.6 is 0 Å². The van der Waals surface area contributed by atoms with Crippen LogP contribution in [-0.4, -0.2) is 90.0 Å². The van der Waals surface area contributed by atoms with Crippen LogP contribution in [-0.2, 0) is 33.2 Å². The summed E-state index contributed by atoms with van der Waals surface area (Å²) in [7, 11) is 0. The highest BCUT2D eigenvalue weighted by Crippen LogP contribution is 2.26. The minimum atomic E-state index is 0. The van der Waals surface area contributed by atoms with Gasteiger partial charge in [0.15, 0.2) is 0 Å². The molecule has 0 aromatic carbocycles. The summed E-state index contributed by atoms with van der Waals surface area (Å²) in [4.78, 5) is 0. The van der Waals surface area contributed by atoms with E-state index < -0.39 is 0 Å². The monoisotopic (exact) mass is 591 g/mol. The third-order valence-electron chi connectivity index (χ3n) is 7.15. The molecule has 3 heterocycles. The number of hydrogen-bond donors (Lipinski definition) is 0. The third-order valence-corrected chi connectivity index (χ3v) is 7.15. The highest BCUT2D eigenvalue weighted by molar-refractivity contribution is 4.66. The number of ether oxygens (including phenoxy) is 7. The van der Waals surface area contributed by atoms with Gasteiger partial charge in [-0.25, -0.2) is 0 Å². The fourth-order valence-corrected chi connectivity index (χ4v) is 4.57. The minimum Gasteiger partial charge on any atom is -0.381 e. The van der Waals surface area contributed by atoms with Gasteiger partial charge in [0.05, 0.1) is 57.5 Å². The van der Waals surface area contributed by atoms with E-state index in [-0.39, 0.29) is 7.43 Å². The normalized spacial score (nSPS) is 20.2. The molecule has 7 heteroatoms. The maximum Gasteiger partial charge on any atom is 0.104 e. The minimum absolute atomic E-state index is 0. The molecule has 248 valence electrons. The van der Waals surface area contributed by atoms with Gasteiger partial charge in [0.2, 0.25) is 0 Å². The zero-order chi connectivity index (χ0) is 29.6. The van der Waals surface area contributed by atoms with Crippen molar-refractivity contribution in [3.63, 3.8) is 0 Å². The Morgan fingerprint density at radius 1 is 0.537 bits per heavy atom. The van der Waals surface area contributed by atoms with Gasteiger partial charge in [-0.3, -0.25) is 0 Å². The average Bonchev–Trinajstić information content (AvgIpc) is 2.86. The second kappa shape index (κ2) is 26.2. The molecule has 1 aliphatic carbocycles. The van der Waals surface area contributed by atoms with Crippen LogP contribution in [0.15, 0.2) is 0 Å². The SMILES string of the molecule is C.CC(C)OC1COC1.CC(C)OCC1CCOCC1.CC(C)OCC1COC1.CC(C)OCCC1CCCCC1. The first-order valence-electron chi connectivity index (χ1n) is 16.4. The highest BCUT2D eigenvalue weighted by atomic mass is 16.6. The Kier molecular flexibility index (Phi) is 26.0. The molecule has 0 spiro atoms. The van der Waals surface area contributed by atoms with Crippen LogP contribution in [0, 0.1) is 17.8 Å². The van der Waals surface area contributed by atoms with E-state index in [1.165, 1.54) is 51.4 Å². The molecule has 4 fully saturated rings. The van der Waals surface area contributed by atoms with Crippen LogP contribution in [0.25, 0.3) is 0 Å². The molecule has 1 saturated carbocycles. The van der Waals surface area contributed by atoms with E-state index in [0.29, 0.717) is 36.4 Å². The maximum atomic E-state index is 5.54. The standard InChI is InChI=1S/C11H22O.C9H18O2.C7H14O2.C6H12O2.CH4/c1-10(2)12-9-8-11-6-4-3-5-7-11;1-8(2)11-7-9-3-5-10-6-4-9;1-6(2)9-5-7-3-8-4-7;1-5(2)8-6-3-7-4-6;/h10-11H,3-9H2,1-2H3;8-9H,3-7H2,1-2H3;6-7H,3-5H2,1-2H3;5-6H,3-4H2,1-2H3;1H4. The Balaban J connectivity index is 0.000000522. The van der Waals surface area contributed by atoms with Crippen LogP contribution < -0.4 is 0 Å². The van der Waals surface area contributed by atoms with E-state index in [0.717, 1.165) is 71.3 Å². The van der Waals surface area contributed by atoms with Gasteiger partial charge in [-0.2, -0.15) is 0 Å². The van der Waals surface area contributed by atoms with Gasteiger partial charge in [-0.05, 0) is 86.5 Å². The second-order valence-electron chi connectivity index (χ2n) is 12.8. The van der Waals surface area contributed by atoms with E-state index in [1.54, 1.807) is 0 Å². The van der Waals surface area contributed by atoms with E-state index in [1.807, 2.05) is 13.8 Å². The van der Waals surface area contributed by atoms with Crippen molar-refractivity contribution in [3.8, 4) is 0 Å². The van der Waals surface area contributed by atoms with Crippen LogP contribution in [0.1, 0.15) is 114 Å². The first-order chi connectivity index (χ1) is 19.2. The van der Waals surface area contributed by atoms with Crippen molar-refractivity contribution in [1.29, 1.82) is 0 Å². The fourth-order valence-electron chi connectivity index (χ4n) is 4.57. The Bertz CT molecular complexity index is 535. The first-order valence-corrected chi connectivity index (χ1v) is 16.4. The van der Waals surface area contributed by atoms with Crippen molar-refractivity contribution < 1.29 is 33.2 Å². The van der Waals surface area contributed by atoms with Crippen LogP contribution in [0.2, 0.25) is 0 Å². The quantitative estimate of drug-likeness (QED) is 0.230. The molecule has 0 aromatic heterocycles. The lowest BCUT2D eigenvalue weighted by molar-refractivity contribution is -0.146. The Morgan fingerprint density at radius 3 is 1.44 bits per heavy atom. The van der Waals surface area contributed by atoms with Crippen LogP contribution in [0.5, 0.6) is 0 Å². The molecule has 3 saturated heterocycles. The first kappa shape index (κ1) is 40.7. The molecular formula is C34H70O7. The van der Waals surface area contributed by atoms with Crippen molar-refractivity contribution >= 4 is 0 Å². The van der Waals surface area contributed by atoms with Gasteiger partial charge < -0.3 is 33.2 Å². The second-order valence-corrected chi connectivity index (χ2v) is 12.8. The summed E-state index contributed by atoms with van der Waals surface area (Å²) < 4.78 is 36.9. The summed E-state index contributed by atoms with van der Waals surface area (Å²) >= 11 is 0. The fraction of sp³-hybridized carbons (Fsp3) is 1.00. The summed E-state index contributed by atoms with van der Waals surface area (Å²) in [6.07, 6.45) is 12.8. The van der Waals surface area contributed by atoms with E-state index in [4.69, 9.17) is 33.2 Å². The predicted molar refractivity (Wildman–Crippen MR) is 170 cm³/mol. The van der Waals surface area contributed by atoms with Gasteiger partial charge in [0.1, 0.15) is 6.10 Å². The summed E-state index contributed by atoms with van der Waals surface area (Å²) in [5.74, 6) is 2.39. The maximum absolute atomic E-state index is 5.54. The molecule has 0 N–H and O–H groups in total.